The van der Waals surface area contributed by atoms with Gasteiger partial charge in [-0.25, -0.2) is 4.98 Å². The topological polar surface area (TPSA) is 34.9 Å². The van der Waals surface area contributed by atoms with Gasteiger partial charge in [0, 0.05) is 6.54 Å². The molecule has 3 nitrogen and oxygen atoms in total. The van der Waals surface area contributed by atoms with E-state index >= 15 is 0 Å². The summed E-state index contributed by atoms with van der Waals surface area (Å²) in [5.41, 5.74) is 0.888. The van der Waals surface area contributed by atoms with Crippen molar-refractivity contribution < 1.29 is 0 Å². The number of aromatic nitrogens is 2. The molecule has 0 atom stereocenters. The van der Waals surface area contributed by atoms with Crippen LogP contribution in [0.25, 0.3) is 0 Å². The fourth-order valence-electron chi connectivity index (χ4n) is 1.55. The van der Waals surface area contributed by atoms with Gasteiger partial charge in [0.05, 0.1) is 12.0 Å². The van der Waals surface area contributed by atoms with Crippen LogP contribution in [0, 0.1) is 11.8 Å². The molecule has 0 spiro atoms. The lowest BCUT2D eigenvalue weighted by molar-refractivity contribution is 0.499. The maximum absolute atomic E-state index is 12.0. The Balaban J connectivity index is 3.04. The van der Waals surface area contributed by atoms with Crippen LogP contribution in [0.3, 0.4) is 0 Å². The van der Waals surface area contributed by atoms with Crippen molar-refractivity contribution in [2.75, 3.05) is 0 Å². The Morgan fingerprint density at radius 2 is 1.94 bits per heavy atom. The zero-order chi connectivity index (χ0) is 12.3. The van der Waals surface area contributed by atoms with Crippen LogP contribution in [0.1, 0.15) is 33.4 Å². The molecule has 0 aromatic carbocycles. The highest BCUT2D eigenvalue weighted by atomic mass is 79.9. The monoisotopic (exact) mass is 286 g/mol. The van der Waals surface area contributed by atoms with E-state index in [4.69, 9.17) is 0 Å². The summed E-state index contributed by atoms with van der Waals surface area (Å²) in [5.74, 6) is 0.950. The number of hydrogen-bond donors (Lipinski definition) is 0. The van der Waals surface area contributed by atoms with E-state index < -0.39 is 0 Å². The third kappa shape index (κ3) is 3.44. The predicted molar refractivity (Wildman–Crippen MR) is 69.6 cm³/mol. The van der Waals surface area contributed by atoms with Crippen molar-refractivity contribution in [2.24, 2.45) is 11.8 Å². The largest absolute Gasteiger partial charge is 0.298 e. The lowest BCUT2D eigenvalue weighted by Crippen LogP contribution is -2.25. The fraction of sp³-hybridized carbons (Fsp3) is 0.667. The van der Waals surface area contributed by atoms with Crippen molar-refractivity contribution >= 4 is 15.9 Å². The minimum atomic E-state index is 0.0272. The molecule has 0 amide bonds. The summed E-state index contributed by atoms with van der Waals surface area (Å²) >= 11 is 3.35. The van der Waals surface area contributed by atoms with E-state index in [9.17, 15) is 4.79 Å². The van der Waals surface area contributed by atoms with E-state index in [1.54, 1.807) is 10.9 Å². The second-order valence-electron chi connectivity index (χ2n) is 4.95. The summed E-state index contributed by atoms with van der Waals surface area (Å²) < 4.78 is 2.28. The van der Waals surface area contributed by atoms with Gasteiger partial charge in [0.1, 0.15) is 4.47 Å². The molecule has 0 bridgehead atoms. The molecule has 0 saturated carbocycles. The molecular formula is C12H19BrN2O. The molecule has 1 heterocycles. The van der Waals surface area contributed by atoms with Crippen LogP contribution in [0.2, 0.25) is 0 Å². The van der Waals surface area contributed by atoms with Gasteiger partial charge >= 0.3 is 0 Å². The van der Waals surface area contributed by atoms with Crippen molar-refractivity contribution in [1.82, 2.24) is 9.55 Å². The molecule has 16 heavy (non-hydrogen) atoms. The molecule has 0 aliphatic heterocycles. The van der Waals surface area contributed by atoms with Gasteiger partial charge < -0.3 is 0 Å². The van der Waals surface area contributed by atoms with Gasteiger partial charge in [-0.05, 0) is 34.2 Å². The standard InChI is InChI=1S/C12H19BrN2O/c1-8(2)5-10-11(13)12(16)15(7-14-10)6-9(3)4/h7-9H,5-6H2,1-4H3. The highest BCUT2D eigenvalue weighted by molar-refractivity contribution is 9.10. The zero-order valence-corrected chi connectivity index (χ0v) is 11.9. The van der Waals surface area contributed by atoms with Crippen LogP contribution in [-0.2, 0) is 13.0 Å². The van der Waals surface area contributed by atoms with Crippen molar-refractivity contribution in [3.8, 4) is 0 Å². The van der Waals surface area contributed by atoms with E-state index in [2.05, 4.69) is 48.6 Å². The highest BCUT2D eigenvalue weighted by Gasteiger charge is 2.10. The molecule has 1 aromatic rings. The van der Waals surface area contributed by atoms with Crippen molar-refractivity contribution in [1.29, 1.82) is 0 Å². The summed E-state index contributed by atoms with van der Waals surface area (Å²) in [4.78, 5) is 16.3. The molecular weight excluding hydrogens is 268 g/mol. The summed E-state index contributed by atoms with van der Waals surface area (Å²) in [7, 11) is 0. The van der Waals surface area contributed by atoms with Crippen LogP contribution in [0.4, 0.5) is 0 Å². The Kier molecular flexibility index (Phi) is 4.71. The molecule has 0 unspecified atom stereocenters. The van der Waals surface area contributed by atoms with Gasteiger partial charge in [-0.3, -0.25) is 9.36 Å². The number of halogens is 1. The van der Waals surface area contributed by atoms with Gasteiger partial charge in [-0.2, -0.15) is 0 Å². The quantitative estimate of drug-likeness (QED) is 0.853. The molecule has 0 fully saturated rings. The first-order chi connectivity index (χ1) is 7.41. The van der Waals surface area contributed by atoms with E-state index in [1.807, 2.05) is 0 Å². The Labute approximate surface area is 105 Å². The van der Waals surface area contributed by atoms with Crippen LogP contribution in [0.15, 0.2) is 15.6 Å². The summed E-state index contributed by atoms with van der Waals surface area (Å²) in [6.45, 7) is 9.12. The summed E-state index contributed by atoms with van der Waals surface area (Å²) in [5, 5.41) is 0. The van der Waals surface area contributed by atoms with Crippen LogP contribution in [0.5, 0.6) is 0 Å². The third-order valence-electron chi connectivity index (χ3n) is 2.22. The Hall–Kier alpha value is -0.640. The maximum Gasteiger partial charge on any atom is 0.267 e. The highest BCUT2D eigenvalue weighted by Crippen LogP contribution is 2.13. The van der Waals surface area contributed by atoms with Crippen LogP contribution < -0.4 is 5.56 Å². The first-order valence-electron chi connectivity index (χ1n) is 5.65. The second kappa shape index (κ2) is 5.62. The molecule has 4 heteroatoms. The van der Waals surface area contributed by atoms with Crippen molar-refractivity contribution in [3.05, 3.63) is 26.8 Å². The Bertz CT molecular complexity index is 410. The van der Waals surface area contributed by atoms with Crippen molar-refractivity contribution in [3.63, 3.8) is 0 Å². The van der Waals surface area contributed by atoms with Gasteiger partial charge in [0.15, 0.2) is 0 Å². The van der Waals surface area contributed by atoms with E-state index in [-0.39, 0.29) is 5.56 Å². The second-order valence-corrected chi connectivity index (χ2v) is 5.75. The average molecular weight is 287 g/mol. The predicted octanol–water partition coefficient (Wildman–Crippen LogP) is 2.86. The van der Waals surface area contributed by atoms with Crippen LogP contribution in [-0.4, -0.2) is 9.55 Å². The summed E-state index contributed by atoms with van der Waals surface area (Å²) in [6.07, 6.45) is 2.49. The molecule has 0 aliphatic carbocycles. The normalized spacial score (nSPS) is 11.4. The lowest BCUT2D eigenvalue weighted by atomic mass is 10.1. The van der Waals surface area contributed by atoms with Gasteiger partial charge in [0.25, 0.3) is 5.56 Å². The summed E-state index contributed by atoms with van der Waals surface area (Å²) in [6, 6.07) is 0. The number of hydrogen-bond acceptors (Lipinski definition) is 2. The smallest absolute Gasteiger partial charge is 0.267 e. The lowest BCUT2D eigenvalue weighted by Gasteiger charge is -2.11. The third-order valence-corrected chi connectivity index (χ3v) is 3.02. The molecule has 1 aromatic heterocycles. The molecule has 90 valence electrons. The van der Waals surface area contributed by atoms with Gasteiger partial charge in [-0.15, -0.1) is 0 Å². The minimum Gasteiger partial charge on any atom is -0.298 e. The van der Waals surface area contributed by atoms with E-state index in [0.717, 1.165) is 12.1 Å². The first-order valence-corrected chi connectivity index (χ1v) is 6.45. The van der Waals surface area contributed by atoms with E-state index in [1.165, 1.54) is 0 Å². The fourth-order valence-corrected chi connectivity index (χ4v) is 2.04. The molecule has 0 radical (unpaired) electrons. The molecule has 0 N–H and O–H groups in total. The van der Waals surface area contributed by atoms with Crippen molar-refractivity contribution in [2.45, 2.75) is 40.7 Å². The van der Waals surface area contributed by atoms with Crippen LogP contribution >= 0.6 is 15.9 Å². The van der Waals surface area contributed by atoms with E-state index in [0.29, 0.717) is 22.9 Å². The zero-order valence-electron chi connectivity index (χ0n) is 10.3. The maximum atomic E-state index is 12.0. The molecule has 0 aliphatic rings. The SMILES string of the molecule is CC(C)Cc1ncn(CC(C)C)c(=O)c1Br. The number of rotatable bonds is 4. The molecule has 1 rings (SSSR count). The Morgan fingerprint density at radius 3 is 2.44 bits per heavy atom. The van der Waals surface area contributed by atoms with Gasteiger partial charge in [0.2, 0.25) is 0 Å². The van der Waals surface area contributed by atoms with Gasteiger partial charge in [-0.1, -0.05) is 27.7 Å². The Morgan fingerprint density at radius 1 is 1.31 bits per heavy atom. The first kappa shape index (κ1) is 13.4. The average Bonchev–Trinajstić information content (AvgIpc) is 2.16. The molecule has 0 saturated heterocycles. The minimum absolute atomic E-state index is 0.0272. The number of nitrogens with zero attached hydrogens (tertiary/aromatic N) is 2.